The highest BCUT2D eigenvalue weighted by Crippen LogP contribution is 2.16. The molecule has 0 spiro atoms. The van der Waals surface area contributed by atoms with Crippen LogP contribution in [-0.4, -0.2) is 36.4 Å². The highest BCUT2D eigenvalue weighted by atomic mass is 16.6. The number of pyridine rings is 1. The Balaban J connectivity index is 2.18. The number of nitro groups is 1. The molecular formula is C11H15N3O4+2. The fourth-order valence-corrected chi connectivity index (χ4v) is 1.80. The van der Waals surface area contributed by atoms with E-state index in [9.17, 15) is 15.3 Å². The number of nitrogens with zero attached hydrogens (tertiary/aromatic N) is 2. The van der Waals surface area contributed by atoms with E-state index in [1.807, 2.05) is 6.20 Å². The van der Waals surface area contributed by atoms with Crippen LogP contribution in [0.15, 0.2) is 24.7 Å². The molecule has 2 heterocycles. The first-order valence-electron chi connectivity index (χ1n) is 5.66. The summed E-state index contributed by atoms with van der Waals surface area (Å²) in [7, 11) is 0. The van der Waals surface area contributed by atoms with Crippen LogP contribution >= 0.6 is 0 Å². The molecule has 1 aliphatic rings. The molecule has 0 unspecified atom stereocenters. The smallest absolute Gasteiger partial charge is 0.289 e. The largest absolute Gasteiger partial charge is 0.370 e. The molecule has 0 aliphatic carbocycles. The maximum Gasteiger partial charge on any atom is 0.289 e. The molecule has 7 heteroatoms. The molecule has 2 rings (SSSR count). The predicted molar refractivity (Wildman–Crippen MR) is 61.0 cm³/mol. The summed E-state index contributed by atoms with van der Waals surface area (Å²) in [5, 5.41) is 20.1. The number of hydrogen-bond donors (Lipinski definition) is 2. The van der Waals surface area contributed by atoms with Crippen LogP contribution in [-0.2, 0) is 4.74 Å². The Kier molecular flexibility index (Phi) is 3.85. The highest BCUT2D eigenvalue weighted by Gasteiger charge is 2.18. The van der Waals surface area contributed by atoms with Crippen molar-refractivity contribution in [2.75, 3.05) is 26.3 Å². The van der Waals surface area contributed by atoms with Crippen LogP contribution in [0.5, 0.6) is 0 Å². The lowest BCUT2D eigenvalue weighted by Gasteiger charge is -2.19. The molecule has 1 aliphatic heterocycles. The van der Waals surface area contributed by atoms with Gasteiger partial charge in [-0.25, -0.2) is 0 Å². The second-order valence-electron chi connectivity index (χ2n) is 4.03. The lowest BCUT2D eigenvalue weighted by molar-refractivity contribution is -0.905. The first-order chi connectivity index (χ1) is 8.66. The average Bonchev–Trinajstić information content (AvgIpc) is 2.37. The van der Waals surface area contributed by atoms with Crippen LogP contribution in [0.1, 0.15) is 5.56 Å². The molecule has 0 saturated carbocycles. The van der Waals surface area contributed by atoms with E-state index in [0.29, 0.717) is 18.8 Å². The summed E-state index contributed by atoms with van der Waals surface area (Å²) in [6, 6.07) is 1.27. The average molecular weight is 253 g/mol. The minimum atomic E-state index is -0.464. The van der Waals surface area contributed by atoms with Crippen LogP contribution < -0.4 is 9.63 Å². The SMILES string of the molecule is O=[N+]([O-])c1cc[n+](O)cc1/C=C/[NH+]1CCOCC1. The molecule has 0 atom stereocenters. The molecule has 7 nitrogen and oxygen atoms in total. The summed E-state index contributed by atoms with van der Waals surface area (Å²) in [6.07, 6.45) is 6.07. The van der Waals surface area contributed by atoms with Gasteiger partial charge in [-0.05, 0) is 0 Å². The highest BCUT2D eigenvalue weighted by molar-refractivity contribution is 5.57. The molecule has 1 aromatic heterocycles. The number of nitrogens with one attached hydrogen (secondary N) is 1. The van der Waals surface area contributed by atoms with Crippen molar-refractivity contribution in [3.05, 3.63) is 40.3 Å². The van der Waals surface area contributed by atoms with Gasteiger partial charge < -0.3 is 9.64 Å². The maximum absolute atomic E-state index is 10.8. The summed E-state index contributed by atoms with van der Waals surface area (Å²) in [6.45, 7) is 3.07. The molecule has 1 aromatic rings. The maximum atomic E-state index is 10.8. The van der Waals surface area contributed by atoms with E-state index in [1.165, 1.54) is 23.4 Å². The number of morpholine rings is 1. The van der Waals surface area contributed by atoms with Crippen molar-refractivity contribution in [2.45, 2.75) is 0 Å². The Morgan fingerprint density at radius 2 is 2.22 bits per heavy atom. The van der Waals surface area contributed by atoms with Gasteiger partial charge in [0.1, 0.15) is 18.7 Å². The third-order valence-corrected chi connectivity index (χ3v) is 2.78. The first kappa shape index (κ1) is 12.5. The molecule has 0 amide bonds. The van der Waals surface area contributed by atoms with Crippen LogP contribution in [0.4, 0.5) is 5.69 Å². The number of quaternary nitrogens is 1. The standard InChI is InChI=1S/C11H14N3O4/c15-13-4-2-11(14(16)17)10(9-13)1-3-12-5-7-18-8-6-12/h1-4,9,15H,5-8H2/q+1/p+1/b3-1+. The molecular weight excluding hydrogens is 238 g/mol. The number of aromatic nitrogens is 1. The summed E-state index contributed by atoms with van der Waals surface area (Å²) in [5.74, 6) is 0. The van der Waals surface area contributed by atoms with E-state index in [4.69, 9.17) is 4.74 Å². The predicted octanol–water partition coefficient (Wildman–Crippen LogP) is -0.995. The monoisotopic (exact) mass is 253 g/mol. The minimum Gasteiger partial charge on any atom is -0.370 e. The van der Waals surface area contributed by atoms with E-state index in [0.717, 1.165) is 17.8 Å². The second kappa shape index (κ2) is 5.56. The topological polar surface area (TPSA) is 80.9 Å². The molecule has 0 aromatic carbocycles. The normalized spacial score (nSPS) is 17.1. The minimum absolute atomic E-state index is 0.0239. The lowest BCUT2D eigenvalue weighted by atomic mass is 10.2. The Labute approximate surface area is 104 Å². The van der Waals surface area contributed by atoms with Gasteiger partial charge in [0.2, 0.25) is 12.4 Å². The van der Waals surface area contributed by atoms with Crippen molar-refractivity contribution in [2.24, 2.45) is 0 Å². The van der Waals surface area contributed by atoms with Gasteiger partial charge in [0, 0.05) is 10.8 Å². The number of ether oxygens (including phenoxy) is 1. The summed E-state index contributed by atoms with van der Waals surface area (Å²) in [4.78, 5) is 11.6. The van der Waals surface area contributed by atoms with Gasteiger partial charge >= 0.3 is 0 Å². The van der Waals surface area contributed by atoms with Crippen molar-refractivity contribution < 1.29 is 24.5 Å². The number of rotatable bonds is 3. The Morgan fingerprint density at radius 1 is 1.50 bits per heavy atom. The quantitative estimate of drug-likeness (QED) is 0.313. The molecule has 0 radical (unpaired) electrons. The van der Waals surface area contributed by atoms with Crippen LogP contribution in [0.3, 0.4) is 0 Å². The van der Waals surface area contributed by atoms with E-state index in [2.05, 4.69) is 0 Å². The van der Waals surface area contributed by atoms with Gasteiger partial charge in [-0.1, -0.05) is 0 Å². The zero-order valence-corrected chi connectivity index (χ0v) is 9.78. The molecule has 2 N–H and O–H groups in total. The van der Waals surface area contributed by atoms with Gasteiger partial charge in [0.05, 0.1) is 30.4 Å². The third-order valence-electron chi connectivity index (χ3n) is 2.78. The van der Waals surface area contributed by atoms with Crippen molar-refractivity contribution in [1.29, 1.82) is 0 Å². The third kappa shape index (κ3) is 3.02. The molecule has 96 valence electrons. The molecule has 1 saturated heterocycles. The second-order valence-corrected chi connectivity index (χ2v) is 4.03. The molecule has 18 heavy (non-hydrogen) atoms. The first-order valence-corrected chi connectivity index (χ1v) is 5.66. The Hall–Kier alpha value is -1.99. The number of hydrogen-bond acceptors (Lipinski definition) is 4. The van der Waals surface area contributed by atoms with Gasteiger partial charge in [-0.15, -0.1) is 0 Å². The van der Waals surface area contributed by atoms with Crippen molar-refractivity contribution in [1.82, 2.24) is 0 Å². The van der Waals surface area contributed by atoms with Gasteiger partial charge in [-0.3, -0.25) is 15.3 Å². The molecule has 0 bridgehead atoms. The van der Waals surface area contributed by atoms with Crippen molar-refractivity contribution in [3.63, 3.8) is 0 Å². The van der Waals surface area contributed by atoms with Gasteiger partial charge in [0.25, 0.3) is 5.69 Å². The Bertz CT molecular complexity index is 469. The van der Waals surface area contributed by atoms with Crippen LogP contribution in [0.2, 0.25) is 0 Å². The van der Waals surface area contributed by atoms with Crippen molar-refractivity contribution in [3.8, 4) is 0 Å². The zero-order valence-electron chi connectivity index (χ0n) is 9.78. The Morgan fingerprint density at radius 3 is 2.89 bits per heavy atom. The van der Waals surface area contributed by atoms with E-state index >= 15 is 0 Å². The summed E-state index contributed by atoms with van der Waals surface area (Å²) in [5.41, 5.74) is 0.355. The molecule has 1 fully saturated rings. The lowest BCUT2D eigenvalue weighted by Crippen LogP contribution is -3.09. The van der Waals surface area contributed by atoms with E-state index < -0.39 is 4.92 Å². The zero-order chi connectivity index (χ0) is 13.0. The summed E-state index contributed by atoms with van der Waals surface area (Å²) < 4.78 is 6.03. The van der Waals surface area contributed by atoms with Crippen LogP contribution in [0.25, 0.3) is 6.08 Å². The fraction of sp³-hybridized carbons (Fsp3) is 0.364. The summed E-state index contributed by atoms with van der Waals surface area (Å²) >= 11 is 0. The van der Waals surface area contributed by atoms with Gasteiger partial charge in [0.15, 0.2) is 0 Å². The van der Waals surface area contributed by atoms with Crippen molar-refractivity contribution >= 4 is 11.8 Å². The fourth-order valence-electron chi connectivity index (χ4n) is 1.80. The van der Waals surface area contributed by atoms with E-state index in [-0.39, 0.29) is 5.69 Å². The van der Waals surface area contributed by atoms with Gasteiger partial charge in [-0.2, -0.15) is 0 Å². The van der Waals surface area contributed by atoms with Crippen LogP contribution in [0, 0.1) is 10.1 Å². The van der Waals surface area contributed by atoms with E-state index in [1.54, 1.807) is 6.08 Å².